The van der Waals surface area contributed by atoms with Crippen molar-refractivity contribution in [2.45, 2.75) is 22.1 Å². The molecule has 0 radical (unpaired) electrons. The van der Waals surface area contributed by atoms with Crippen LogP contribution >= 0.6 is 23.5 Å². The lowest BCUT2D eigenvalue weighted by Crippen LogP contribution is -2.33. The van der Waals surface area contributed by atoms with Gasteiger partial charge in [0, 0.05) is 5.69 Å². The number of carbonyl (C=O) groups is 1. The zero-order chi connectivity index (χ0) is 21.8. The van der Waals surface area contributed by atoms with Gasteiger partial charge < -0.3 is 5.32 Å². The predicted octanol–water partition coefficient (Wildman–Crippen LogP) is 4.49. The summed E-state index contributed by atoms with van der Waals surface area (Å²) in [6, 6.07) is 10.7. The minimum atomic E-state index is -4.66. The Morgan fingerprint density at radius 2 is 1.77 bits per heavy atom. The quantitative estimate of drug-likeness (QED) is 0.643. The third-order valence-corrected chi connectivity index (χ3v) is 8.58. The molecule has 5 nitrogen and oxygen atoms in total. The number of carbonyl (C=O) groups excluding carboxylic acids is 1. The van der Waals surface area contributed by atoms with Crippen LogP contribution in [0.15, 0.2) is 53.4 Å². The van der Waals surface area contributed by atoms with Crippen molar-refractivity contribution in [3.8, 4) is 0 Å². The number of benzene rings is 2. The van der Waals surface area contributed by atoms with E-state index in [1.807, 2.05) is 46.4 Å². The van der Waals surface area contributed by atoms with Gasteiger partial charge in [-0.2, -0.15) is 13.2 Å². The second kappa shape index (κ2) is 9.63. The molecule has 3 rings (SSSR count). The van der Waals surface area contributed by atoms with Crippen molar-refractivity contribution in [2.24, 2.45) is 0 Å². The second-order valence-electron chi connectivity index (χ2n) is 6.45. The average molecular weight is 477 g/mol. The molecule has 1 fully saturated rings. The lowest BCUT2D eigenvalue weighted by atomic mass is 10.2. The van der Waals surface area contributed by atoms with E-state index in [4.69, 9.17) is 0 Å². The molecule has 1 aliphatic heterocycles. The minimum Gasteiger partial charge on any atom is -0.325 e. The Bertz CT molecular complexity index is 1010. The zero-order valence-corrected chi connectivity index (χ0v) is 18.1. The van der Waals surface area contributed by atoms with Gasteiger partial charge in [0.1, 0.15) is 0 Å². The maximum atomic E-state index is 12.8. The summed E-state index contributed by atoms with van der Waals surface area (Å²) >= 11 is 3.67. The molecule has 1 aliphatic rings. The molecule has 0 aliphatic carbocycles. The molecule has 0 saturated carbocycles. The van der Waals surface area contributed by atoms with E-state index in [-0.39, 0.29) is 4.58 Å². The van der Waals surface area contributed by atoms with Crippen molar-refractivity contribution >= 4 is 45.1 Å². The number of rotatable bonds is 6. The van der Waals surface area contributed by atoms with Gasteiger partial charge in [-0.25, -0.2) is 13.1 Å². The minimum absolute atomic E-state index is 0.287. The summed E-state index contributed by atoms with van der Waals surface area (Å²) in [6.07, 6.45) is -3.50. The summed E-state index contributed by atoms with van der Waals surface area (Å²) < 4.78 is 65.2. The molecule has 162 valence electrons. The fourth-order valence-electron chi connectivity index (χ4n) is 2.73. The third kappa shape index (κ3) is 6.16. The van der Waals surface area contributed by atoms with E-state index in [2.05, 4.69) is 5.32 Å². The lowest BCUT2D eigenvalue weighted by molar-refractivity contribution is -0.137. The van der Waals surface area contributed by atoms with Crippen LogP contribution in [-0.2, 0) is 21.0 Å². The molecular weight excluding hydrogens is 457 g/mol. The van der Waals surface area contributed by atoms with Crippen molar-refractivity contribution in [3.05, 3.63) is 59.7 Å². The molecule has 0 atom stereocenters. The summed E-state index contributed by atoms with van der Waals surface area (Å²) in [5.74, 6) is 1.53. The van der Waals surface area contributed by atoms with Gasteiger partial charge in [0.25, 0.3) is 0 Å². The van der Waals surface area contributed by atoms with Gasteiger partial charge in [-0.05, 0) is 53.8 Å². The van der Waals surface area contributed by atoms with Crippen LogP contribution in [0.3, 0.4) is 0 Å². The predicted molar refractivity (Wildman–Crippen MR) is 114 cm³/mol. The first-order valence-electron chi connectivity index (χ1n) is 8.95. The number of thioether (sulfide) groups is 2. The van der Waals surface area contributed by atoms with E-state index in [1.165, 1.54) is 0 Å². The van der Waals surface area contributed by atoms with Crippen molar-refractivity contribution in [1.29, 1.82) is 0 Å². The number of amides is 1. The first-order valence-corrected chi connectivity index (χ1v) is 12.5. The lowest BCUT2D eigenvalue weighted by Gasteiger charge is -2.21. The van der Waals surface area contributed by atoms with Gasteiger partial charge in [-0.1, -0.05) is 18.2 Å². The third-order valence-electron chi connectivity index (χ3n) is 4.16. The number of nitrogens with one attached hydrogen (secondary N) is 2. The Morgan fingerprint density at radius 1 is 1.07 bits per heavy atom. The Kier molecular flexibility index (Phi) is 7.38. The number of alkyl halides is 3. The Hall–Kier alpha value is -1.69. The van der Waals surface area contributed by atoms with Crippen LogP contribution < -0.4 is 10.0 Å². The van der Waals surface area contributed by atoms with E-state index in [9.17, 15) is 26.4 Å². The molecule has 30 heavy (non-hydrogen) atoms. The Morgan fingerprint density at radius 3 is 2.47 bits per heavy atom. The average Bonchev–Trinajstić information content (AvgIpc) is 2.73. The van der Waals surface area contributed by atoms with E-state index in [0.29, 0.717) is 11.8 Å². The fraction of sp³-hybridized carbons (Fsp3) is 0.316. The van der Waals surface area contributed by atoms with E-state index >= 15 is 0 Å². The van der Waals surface area contributed by atoms with Crippen molar-refractivity contribution in [3.63, 3.8) is 0 Å². The number of sulfonamides is 1. The van der Waals surface area contributed by atoms with Gasteiger partial charge >= 0.3 is 6.18 Å². The van der Waals surface area contributed by atoms with Crippen molar-refractivity contribution in [1.82, 2.24) is 4.72 Å². The van der Waals surface area contributed by atoms with Gasteiger partial charge in [-0.3, -0.25) is 4.79 Å². The number of hydrogen-bond donors (Lipinski definition) is 2. The molecule has 2 aromatic carbocycles. The van der Waals surface area contributed by atoms with Crippen LogP contribution in [0.4, 0.5) is 18.9 Å². The summed E-state index contributed by atoms with van der Waals surface area (Å²) in [5.41, 5.74) is 0.514. The maximum Gasteiger partial charge on any atom is 0.416 e. The first kappa shape index (κ1) is 23.0. The van der Waals surface area contributed by atoms with E-state index < -0.39 is 39.1 Å². The van der Waals surface area contributed by atoms with Crippen LogP contribution in [0, 0.1) is 0 Å². The highest BCUT2D eigenvalue weighted by molar-refractivity contribution is 8.16. The van der Waals surface area contributed by atoms with Gasteiger partial charge in [-0.15, -0.1) is 23.5 Å². The summed E-state index contributed by atoms with van der Waals surface area (Å²) in [5, 5.41) is 2.62. The van der Waals surface area contributed by atoms with Gasteiger partial charge in [0.2, 0.25) is 15.9 Å². The largest absolute Gasteiger partial charge is 0.416 e. The molecule has 2 N–H and O–H groups in total. The smallest absolute Gasteiger partial charge is 0.325 e. The summed E-state index contributed by atoms with van der Waals surface area (Å²) in [7, 11) is -4.27. The van der Waals surface area contributed by atoms with Crippen molar-refractivity contribution < 1.29 is 26.4 Å². The topological polar surface area (TPSA) is 75.3 Å². The number of halogens is 3. The van der Waals surface area contributed by atoms with Crippen LogP contribution in [-0.4, -0.2) is 32.4 Å². The van der Waals surface area contributed by atoms with Crippen LogP contribution in [0.1, 0.15) is 22.1 Å². The molecule has 0 spiro atoms. The molecule has 2 aromatic rings. The zero-order valence-electron chi connectivity index (χ0n) is 15.6. The van der Waals surface area contributed by atoms with Crippen molar-refractivity contribution in [2.75, 3.05) is 23.4 Å². The van der Waals surface area contributed by atoms with E-state index in [0.717, 1.165) is 41.7 Å². The molecule has 1 amide bonds. The highest BCUT2D eigenvalue weighted by Gasteiger charge is 2.31. The normalized spacial score (nSPS) is 15.7. The maximum absolute atomic E-state index is 12.8. The fourth-order valence-corrected chi connectivity index (χ4v) is 6.63. The molecule has 0 aromatic heterocycles. The highest BCUT2D eigenvalue weighted by atomic mass is 32.2. The highest BCUT2D eigenvalue weighted by Crippen LogP contribution is 2.44. The monoisotopic (exact) mass is 476 g/mol. The molecule has 1 heterocycles. The summed E-state index contributed by atoms with van der Waals surface area (Å²) in [4.78, 5) is 11.6. The Balaban J connectivity index is 1.62. The summed E-state index contributed by atoms with van der Waals surface area (Å²) in [6.45, 7) is -0.601. The van der Waals surface area contributed by atoms with Crippen LogP contribution in [0.2, 0.25) is 0 Å². The number of anilines is 1. The SMILES string of the molecule is O=C(CNS(=O)(=O)c1cccc(C(F)(F)F)c1)Nc1cccc(C2SCCCS2)c1. The molecule has 0 bridgehead atoms. The first-order chi connectivity index (χ1) is 14.1. The van der Waals surface area contributed by atoms with Crippen LogP contribution in [0.5, 0.6) is 0 Å². The number of hydrogen-bond acceptors (Lipinski definition) is 5. The molecule has 1 saturated heterocycles. The molecular formula is C19H19F3N2O3S3. The van der Waals surface area contributed by atoms with Gasteiger partial charge in [0.15, 0.2) is 0 Å². The second-order valence-corrected chi connectivity index (χ2v) is 10.9. The van der Waals surface area contributed by atoms with Gasteiger partial charge in [0.05, 0.1) is 21.6 Å². The molecule has 0 unspecified atom stereocenters. The van der Waals surface area contributed by atoms with Crippen LogP contribution in [0.25, 0.3) is 0 Å². The molecule has 11 heteroatoms. The Labute approximate surface area is 181 Å². The van der Waals surface area contributed by atoms with E-state index in [1.54, 1.807) is 6.07 Å². The standard InChI is InChI=1S/C19H19F3N2O3S3/c20-19(21,22)14-5-2-7-16(11-14)30(26,27)23-12-17(25)24-15-6-1-4-13(10-15)18-28-8-3-9-29-18/h1-2,4-7,10-11,18,23H,3,8-9,12H2,(H,24,25).